The molecular formula is C16H25N3O2. The van der Waals surface area contributed by atoms with Crippen molar-refractivity contribution in [2.24, 2.45) is 5.92 Å². The van der Waals surface area contributed by atoms with Crippen LogP contribution in [0.15, 0.2) is 6.20 Å². The van der Waals surface area contributed by atoms with E-state index < -0.39 is 0 Å². The molecule has 3 rings (SSSR count). The minimum Gasteiger partial charge on any atom is -0.376 e. The Morgan fingerprint density at radius 3 is 3.14 bits per heavy atom. The molecule has 5 heteroatoms. The number of hydrogen-bond donors (Lipinski definition) is 1. The fourth-order valence-corrected chi connectivity index (χ4v) is 3.05. The summed E-state index contributed by atoms with van der Waals surface area (Å²) in [5.41, 5.74) is 2.52. The van der Waals surface area contributed by atoms with Crippen LogP contribution in [0.2, 0.25) is 0 Å². The molecule has 21 heavy (non-hydrogen) atoms. The summed E-state index contributed by atoms with van der Waals surface area (Å²) >= 11 is 0. The molecule has 0 bridgehead atoms. The maximum Gasteiger partial charge on any atom is 0.159 e. The summed E-state index contributed by atoms with van der Waals surface area (Å²) < 4.78 is 11.1. The van der Waals surface area contributed by atoms with Crippen LogP contribution in [0, 0.1) is 5.92 Å². The van der Waals surface area contributed by atoms with E-state index in [0.717, 1.165) is 31.8 Å². The number of rotatable bonds is 5. The molecule has 116 valence electrons. The van der Waals surface area contributed by atoms with Crippen LogP contribution in [0.1, 0.15) is 43.0 Å². The van der Waals surface area contributed by atoms with Gasteiger partial charge >= 0.3 is 0 Å². The van der Waals surface area contributed by atoms with Crippen molar-refractivity contribution in [1.29, 1.82) is 0 Å². The molecule has 0 spiro atoms. The van der Waals surface area contributed by atoms with Gasteiger partial charge in [-0.3, -0.25) is 0 Å². The van der Waals surface area contributed by atoms with Crippen LogP contribution < -0.4 is 5.32 Å². The molecule has 1 N–H and O–H groups in total. The molecule has 1 saturated heterocycles. The molecule has 2 heterocycles. The molecule has 2 atom stereocenters. The second-order valence-electron chi connectivity index (χ2n) is 5.95. The lowest BCUT2D eigenvalue weighted by Gasteiger charge is -2.26. The fraction of sp³-hybridized carbons (Fsp3) is 0.750. The molecule has 0 aromatic carbocycles. The van der Waals surface area contributed by atoms with E-state index in [0.29, 0.717) is 25.7 Å². The molecule has 1 aromatic rings. The van der Waals surface area contributed by atoms with Gasteiger partial charge < -0.3 is 14.8 Å². The standard InChI is InChI=1S/C16H25N3O2/c1-2-5-17-9-12-3-4-14-13(8-12)10-18-16(19-14)15-11-20-6-7-21-15/h10,12,15,17H,2-9,11H2,1H3. The van der Waals surface area contributed by atoms with E-state index in [9.17, 15) is 0 Å². The highest BCUT2D eigenvalue weighted by Gasteiger charge is 2.24. The smallest absolute Gasteiger partial charge is 0.159 e. The average Bonchev–Trinajstić information content (AvgIpc) is 2.55. The van der Waals surface area contributed by atoms with Crippen molar-refractivity contribution in [3.05, 3.63) is 23.3 Å². The Labute approximate surface area is 126 Å². The van der Waals surface area contributed by atoms with Crippen LogP contribution >= 0.6 is 0 Å². The van der Waals surface area contributed by atoms with Crippen molar-refractivity contribution >= 4 is 0 Å². The number of nitrogens with zero attached hydrogens (tertiary/aromatic N) is 2. The molecule has 5 nitrogen and oxygen atoms in total. The average molecular weight is 291 g/mol. The maximum absolute atomic E-state index is 5.68. The Morgan fingerprint density at radius 1 is 1.38 bits per heavy atom. The summed E-state index contributed by atoms with van der Waals surface area (Å²) in [5.74, 6) is 1.50. The van der Waals surface area contributed by atoms with Crippen molar-refractivity contribution in [3.8, 4) is 0 Å². The van der Waals surface area contributed by atoms with Crippen molar-refractivity contribution < 1.29 is 9.47 Å². The van der Waals surface area contributed by atoms with Gasteiger partial charge in [0, 0.05) is 11.9 Å². The fourth-order valence-electron chi connectivity index (χ4n) is 3.05. The van der Waals surface area contributed by atoms with Crippen LogP contribution in [-0.2, 0) is 22.3 Å². The third-order valence-corrected chi connectivity index (χ3v) is 4.23. The zero-order valence-electron chi connectivity index (χ0n) is 12.8. The molecule has 0 radical (unpaired) electrons. The van der Waals surface area contributed by atoms with E-state index in [-0.39, 0.29) is 6.10 Å². The minimum atomic E-state index is -0.0898. The van der Waals surface area contributed by atoms with E-state index in [2.05, 4.69) is 17.2 Å². The Bertz CT molecular complexity index is 461. The molecule has 2 aliphatic rings. The zero-order chi connectivity index (χ0) is 14.5. The van der Waals surface area contributed by atoms with E-state index in [1.807, 2.05) is 6.20 Å². The van der Waals surface area contributed by atoms with Crippen molar-refractivity contribution in [2.75, 3.05) is 32.9 Å². The molecule has 1 aliphatic heterocycles. The topological polar surface area (TPSA) is 56.3 Å². The van der Waals surface area contributed by atoms with E-state index >= 15 is 0 Å². The van der Waals surface area contributed by atoms with E-state index in [4.69, 9.17) is 14.5 Å². The number of ether oxygens (including phenoxy) is 2. The number of nitrogens with one attached hydrogen (secondary N) is 1. The predicted molar refractivity (Wildman–Crippen MR) is 80.2 cm³/mol. The minimum absolute atomic E-state index is 0.0898. The lowest BCUT2D eigenvalue weighted by Crippen LogP contribution is -2.29. The second-order valence-corrected chi connectivity index (χ2v) is 5.95. The van der Waals surface area contributed by atoms with Crippen LogP contribution in [0.5, 0.6) is 0 Å². The van der Waals surface area contributed by atoms with Gasteiger partial charge in [-0.1, -0.05) is 6.92 Å². The molecule has 0 amide bonds. The Balaban J connectivity index is 1.62. The number of aryl methyl sites for hydroxylation is 1. The first-order valence-corrected chi connectivity index (χ1v) is 8.11. The molecule has 1 fully saturated rings. The van der Waals surface area contributed by atoms with Gasteiger partial charge in [-0.2, -0.15) is 0 Å². The SMILES string of the molecule is CCCNCC1CCc2nc(C3COCCO3)ncc2C1. The largest absolute Gasteiger partial charge is 0.376 e. The van der Waals surface area contributed by atoms with E-state index in [1.54, 1.807) is 0 Å². The summed E-state index contributed by atoms with van der Waals surface area (Å²) in [6.45, 7) is 6.30. The third-order valence-electron chi connectivity index (χ3n) is 4.23. The first-order valence-electron chi connectivity index (χ1n) is 8.11. The van der Waals surface area contributed by atoms with Crippen LogP contribution in [0.4, 0.5) is 0 Å². The summed E-state index contributed by atoms with van der Waals surface area (Å²) in [6.07, 6.45) is 6.46. The normalized spacial score (nSPS) is 25.6. The summed E-state index contributed by atoms with van der Waals surface area (Å²) in [5, 5.41) is 3.52. The molecule has 1 aliphatic carbocycles. The van der Waals surface area contributed by atoms with Crippen molar-refractivity contribution in [3.63, 3.8) is 0 Å². The Kier molecular flexibility index (Phi) is 5.17. The molecule has 2 unspecified atom stereocenters. The number of fused-ring (bicyclic) bond motifs is 1. The molecule has 1 aromatic heterocycles. The van der Waals surface area contributed by atoms with E-state index in [1.165, 1.54) is 24.1 Å². The number of hydrogen-bond acceptors (Lipinski definition) is 5. The highest BCUT2D eigenvalue weighted by atomic mass is 16.6. The van der Waals surface area contributed by atoms with Crippen LogP contribution in [0.25, 0.3) is 0 Å². The Hall–Kier alpha value is -1.04. The van der Waals surface area contributed by atoms with Gasteiger partial charge in [-0.25, -0.2) is 9.97 Å². The van der Waals surface area contributed by atoms with Gasteiger partial charge in [0.05, 0.1) is 19.8 Å². The lowest BCUT2D eigenvalue weighted by atomic mass is 9.87. The first kappa shape index (κ1) is 14.9. The van der Waals surface area contributed by atoms with Crippen LogP contribution in [0.3, 0.4) is 0 Å². The number of aromatic nitrogens is 2. The lowest BCUT2D eigenvalue weighted by molar-refractivity contribution is -0.0936. The first-order chi connectivity index (χ1) is 10.4. The van der Waals surface area contributed by atoms with Gasteiger partial charge in [0.25, 0.3) is 0 Å². The molecular weight excluding hydrogens is 266 g/mol. The van der Waals surface area contributed by atoms with Gasteiger partial charge in [-0.05, 0) is 50.3 Å². The zero-order valence-corrected chi connectivity index (χ0v) is 12.8. The Morgan fingerprint density at radius 2 is 2.33 bits per heavy atom. The summed E-state index contributed by atoms with van der Waals surface area (Å²) in [4.78, 5) is 9.24. The van der Waals surface area contributed by atoms with Crippen molar-refractivity contribution in [2.45, 2.75) is 38.7 Å². The monoisotopic (exact) mass is 291 g/mol. The van der Waals surface area contributed by atoms with Crippen LogP contribution in [-0.4, -0.2) is 42.9 Å². The summed E-state index contributed by atoms with van der Waals surface area (Å²) in [7, 11) is 0. The summed E-state index contributed by atoms with van der Waals surface area (Å²) in [6, 6.07) is 0. The third kappa shape index (κ3) is 3.78. The van der Waals surface area contributed by atoms with Gasteiger partial charge in [0.15, 0.2) is 5.82 Å². The highest BCUT2D eigenvalue weighted by Crippen LogP contribution is 2.25. The molecule has 0 saturated carbocycles. The maximum atomic E-state index is 5.68. The van der Waals surface area contributed by atoms with Gasteiger partial charge in [0.2, 0.25) is 0 Å². The quantitative estimate of drug-likeness (QED) is 0.836. The van der Waals surface area contributed by atoms with Crippen molar-refractivity contribution in [1.82, 2.24) is 15.3 Å². The van der Waals surface area contributed by atoms with Gasteiger partial charge in [0.1, 0.15) is 6.10 Å². The highest BCUT2D eigenvalue weighted by molar-refractivity contribution is 5.22. The predicted octanol–water partition coefficient (Wildman–Crippen LogP) is 1.67. The van der Waals surface area contributed by atoms with Gasteiger partial charge in [-0.15, -0.1) is 0 Å². The second kappa shape index (κ2) is 7.29.